The molecule has 2 N–H and O–H groups in total. The molecule has 29 heavy (non-hydrogen) atoms. The number of aromatic nitrogens is 1. The van der Waals surface area contributed by atoms with E-state index in [-0.39, 0.29) is 0 Å². The van der Waals surface area contributed by atoms with Crippen molar-refractivity contribution in [2.24, 2.45) is 10.9 Å². The summed E-state index contributed by atoms with van der Waals surface area (Å²) in [4.78, 5) is 13.8. The first kappa shape index (κ1) is 21.3. The van der Waals surface area contributed by atoms with E-state index in [0.29, 0.717) is 18.4 Å². The van der Waals surface area contributed by atoms with Gasteiger partial charge in [-0.15, -0.1) is 0 Å². The van der Waals surface area contributed by atoms with Crippen molar-refractivity contribution >= 4 is 5.96 Å². The second-order valence-corrected chi connectivity index (χ2v) is 8.03. The summed E-state index contributed by atoms with van der Waals surface area (Å²) < 4.78 is 5.63. The van der Waals surface area contributed by atoms with Gasteiger partial charge in [0.15, 0.2) is 5.96 Å². The average Bonchev–Trinajstić information content (AvgIpc) is 3.19. The fourth-order valence-electron chi connectivity index (χ4n) is 3.42. The SMILES string of the molecule is CN=C(NCc1coc(-c2ccc(C)cc2)n1)NCC(C)CN1CCN(C)CC1. The second kappa shape index (κ2) is 10.4. The zero-order valence-corrected chi connectivity index (χ0v) is 18.1. The number of hydrogen-bond donors (Lipinski definition) is 2. The van der Waals surface area contributed by atoms with Crippen LogP contribution in [0.4, 0.5) is 0 Å². The monoisotopic (exact) mass is 398 g/mol. The van der Waals surface area contributed by atoms with Crippen LogP contribution in [0.2, 0.25) is 0 Å². The lowest BCUT2D eigenvalue weighted by atomic mass is 10.1. The molecule has 1 fully saturated rings. The Bertz CT molecular complexity index is 777. The quantitative estimate of drug-likeness (QED) is 0.551. The molecule has 1 aromatic heterocycles. The van der Waals surface area contributed by atoms with Crippen molar-refractivity contribution in [3.8, 4) is 11.5 Å². The number of hydrogen-bond acceptors (Lipinski definition) is 5. The van der Waals surface area contributed by atoms with Crippen LogP contribution in [0.25, 0.3) is 11.5 Å². The van der Waals surface area contributed by atoms with Crippen molar-refractivity contribution in [1.82, 2.24) is 25.4 Å². The van der Waals surface area contributed by atoms with E-state index in [9.17, 15) is 0 Å². The number of nitrogens with zero attached hydrogens (tertiary/aromatic N) is 4. The Morgan fingerprint density at radius 3 is 2.59 bits per heavy atom. The molecule has 0 spiro atoms. The summed E-state index contributed by atoms with van der Waals surface area (Å²) >= 11 is 0. The predicted molar refractivity (Wildman–Crippen MR) is 118 cm³/mol. The van der Waals surface area contributed by atoms with Gasteiger partial charge >= 0.3 is 0 Å². The highest BCUT2D eigenvalue weighted by molar-refractivity contribution is 5.79. The molecule has 1 unspecified atom stereocenters. The van der Waals surface area contributed by atoms with Crippen LogP contribution in [0.15, 0.2) is 39.9 Å². The lowest BCUT2D eigenvalue weighted by Gasteiger charge is -2.34. The van der Waals surface area contributed by atoms with Gasteiger partial charge in [-0.2, -0.15) is 0 Å². The molecule has 0 saturated carbocycles. The molecule has 0 radical (unpaired) electrons. The summed E-state index contributed by atoms with van der Waals surface area (Å²) in [7, 11) is 3.98. The van der Waals surface area contributed by atoms with Crippen molar-refractivity contribution in [3.05, 3.63) is 41.8 Å². The maximum Gasteiger partial charge on any atom is 0.226 e. The van der Waals surface area contributed by atoms with Crippen molar-refractivity contribution < 1.29 is 4.42 Å². The first-order valence-corrected chi connectivity index (χ1v) is 10.4. The number of guanidine groups is 1. The maximum atomic E-state index is 5.63. The van der Waals surface area contributed by atoms with E-state index in [1.165, 1.54) is 5.56 Å². The van der Waals surface area contributed by atoms with Gasteiger partial charge in [0.05, 0.1) is 12.2 Å². The minimum atomic E-state index is 0.553. The maximum absolute atomic E-state index is 5.63. The smallest absolute Gasteiger partial charge is 0.226 e. The molecular formula is C22H34N6O. The van der Waals surface area contributed by atoms with E-state index in [1.807, 2.05) is 12.1 Å². The van der Waals surface area contributed by atoms with Crippen molar-refractivity contribution in [2.45, 2.75) is 20.4 Å². The van der Waals surface area contributed by atoms with Gasteiger partial charge < -0.3 is 24.9 Å². The fraction of sp³-hybridized carbons (Fsp3) is 0.545. The van der Waals surface area contributed by atoms with Gasteiger partial charge in [-0.3, -0.25) is 4.99 Å². The fourth-order valence-corrected chi connectivity index (χ4v) is 3.42. The first-order chi connectivity index (χ1) is 14.0. The third-order valence-electron chi connectivity index (χ3n) is 5.29. The van der Waals surface area contributed by atoms with Crippen LogP contribution in [0, 0.1) is 12.8 Å². The number of aliphatic imine (C=N–C) groups is 1. The van der Waals surface area contributed by atoms with Crippen LogP contribution in [0.5, 0.6) is 0 Å². The van der Waals surface area contributed by atoms with Gasteiger partial charge in [-0.25, -0.2) is 4.98 Å². The van der Waals surface area contributed by atoms with Crippen LogP contribution in [-0.4, -0.2) is 74.1 Å². The molecule has 1 atom stereocenters. The molecule has 1 aliphatic heterocycles. The van der Waals surface area contributed by atoms with E-state index in [2.05, 4.69) is 63.4 Å². The number of aryl methyl sites for hydroxylation is 1. The molecule has 1 aliphatic rings. The molecule has 3 rings (SSSR count). The normalized spacial score (nSPS) is 17.3. The first-order valence-electron chi connectivity index (χ1n) is 10.4. The summed E-state index contributed by atoms with van der Waals surface area (Å²) in [6.45, 7) is 11.6. The molecule has 1 aromatic carbocycles. The second-order valence-electron chi connectivity index (χ2n) is 8.03. The predicted octanol–water partition coefficient (Wildman–Crippen LogP) is 2.20. The number of likely N-dealkylation sites (N-methyl/N-ethyl adjacent to an activating group) is 1. The van der Waals surface area contributed by atoms with Crippen LogP contribution in [-0.2, 0) is 6.54 Å². The number of piperazine rings is 1. The van der Waals surface area contributed by atoms with Crippen molar-refractivity contribution in [2.75, 3.05) is 53.4 Å². The van der Waals surface area contributed by atoms with Gasteiger partial charge in [0.1, 0.15) is 6.26 Å². The average molecular weight is 399 g/mol. The van der Waals surface area contributed by atoms with E-state index in [4.69, 9.17) is 4.42 Å². The summed E-state index contributed by atoms with van der Waals surface area (Å²) in [5, 5.41) is 6.75. The molecule has 0 amide bonds. The minimum absolute atomic E-state index is 0.553. The summed E-state index contributed by atoms with van der Waals surface area (Å²) in [5.74, 6) is 1.98. The van der Waals surface area contributed by atoms with Gasteiger partial charge in [-0.1, -0.05) is 24.6 Å². The molecule has 2 aromatic rings. The Morgan fingerprint density at radius 1 is 1.17 bits per heavy atom. The highest BCUT2D eigenvalue weighted by Crippen LogP contribution is 2.19. The molecule has 7 heteroatoms. The van der Waals surface area contributed by atoms with Gasteiger partial charge in [0.25, 0.3) is 0 Å². The molecule has 2 heterocycles. The lowest BCUT2D eigenvalue weighted by molar-refractivity contribution is 0.139. The zero-order chi connectivity index (χ0) is 20.6. The molecule has 7 nitrogen and oxygen atoms in total. The number of nitrogens with one attached hydrogen (secondary N) is 2. The number of oxazole rings is 1. The minimum Gasteiger partial charge on any atom is -0.444 e. The highest BCUT2D eigenvalue weighted by Gasteiger charge is 2.16. The van der Waals surface area contributed by atoms with E-state index in [0.717, 1.165) is 56.5 Å². The van der Waals surface area contributed by atoms with E-state index in [1.54, 1.807) is 13.3 Å². The van der Waals surface area contributed by atoms with Crippen LogP contribution < -0.4 is 10.6 Å². The zero-order valence-electron chi connectivity index (χ0n) is 18.1. The van der Waals surface area contributed by atoms with Crippen LogP contribution in [0.1, 0.15) is 18.2 Å². The molecule has 0 bridgehead atoms. The van der Waals surface area contributed by atoms with Gasteiger partial charge in [0, 0.05) is 51.9 Å². The van der Waals surface area contributed by atoms with Gasteiger partial charge in [0.2, 0.25) is 5.89 Å². The third-order valence-corrected chi connectivity index (χ3v) is 5.29. The third kappa shape index (κ3) is 6.58. The van der Waals surface area contributed by atoms with E-state index >= 15 is 0 Å². The van der Waals surface area contributed by atoms with Crippen molar-refractivity contribution in [3.63, 3.8) is 0 Å². The Balaban J connectivity index is 1.42. The topological polar surface area (TPSA) is 68.9 Å². The molecule has 158 valence electrons. The van der Waals surface area contributed by atoms with Gasteiger partial charge in [-0.05, 0) is 32.0 Å². The Hall–Kier alpha value is -2.38. The standard InChI is InChI=1S/C22H34N6O/c1-17-5-7-19(8-6-17)21-26-20(16-29-21)14-25-22(23-3)24-13-18(2)15-28-11-9-27(4)10-12-28/h5-8,16,18H,9-15H2,1-4H3,(H2,23,24,25). The summed E-state index contributed by atoms with van der Waals surface area (Å²) in [6.07, 6.45) is 1.70. The van der Waals surface area contributed by atoms with Crippen molar-refractivity contribution in [1.29, 1.82) is 0 Å². The Labute approximate surface area is 174 Å². The molecule has 0 aliphatic carbocycles. The number of benzene rings is 1. The van der Waals surface area contributed by atoms with Crippen LogP contribution >= 0.6 is 0 Å². The van der Waals surface area contributed by atoms with E-state index < -0.39 is 0 Å². The highest BCUT2D eigenvalue weighted by atomic mass is 16.3. The van der Waals surface area contributed by atoms with Crippen LogP contribution in [0.3, 0.4) is 0 Å². The summed E-state index contributed by atoms with van der Waals surface area (Å²) in [5.41, 5.74) is 3.06. The summed E-state index contributed by atoms with van der Waals surface area (Å²) in [6, 6.07) is 8.18. The number of rotatable bonds is 7. The molecular weight excluding hydrogens is 364 g/mol. The molecule has 1 saturated heterocycles. The largest absolute Gasteiger partial charge is 0.444 e. The lowest BCUT2D eigenvalue weighted by Crippen LogP contribution is -2.47. The Morgan fingerprint density at radius 2 is 1.90 bits per heavy atom. The Kier molecular flexibility index (Phi) is 7.66.